The number of H-pyrrole nitrogens is 1. The van der Waals surface area contributed by atoms with Crippen molar-refractivity contribution in [1.82, 2.24) is 19.7 Å². The highest BCUT2D eigenvalue weighted by Crippen LogP contribution is 2.24. The van der Waals surface area contributed by atoms with Crippen molar-refractivity contribution in [2.75, 3.05) is 13.3 Å². The van der Waals surface area contributed by atoms with Gasteiger partial charge in [-0.15, -0.1) is 0 Å². The molecule has 3 rings (SSSR count). The van der Waals surface area contributed by atoms with Crippen molar-refractivity contribution in [3.8, 4) is 16.9 Å². The topological polar surface area (TPSA) is 55.7 Å². The molecule has 0 radical (unpaired) electrons. The van der Waals surface area contributed by atoms with Crippen LogP contribution >= 0.6 is 0 Å². The molecule has 0 aliphatic heterocycles. The third kappa shape index (κ3) is 3.51. The minimum atomic E-state index is -1.02. The highest BCUT2D eigenvalue weighted by molar-refractivity contribution is 5.64. The lowest BCUT2D eigenvalue weighted by Crippen LogP contribution is -2.17. The highest BCUT2D eigenvalue weighted by Gasteiger charge is 2.11. The van der Waals surface area contributed by atoms with E-state index in [1.807, 2.05) is 42.0 Å². The van der Waals surface area contributed by atoms with Gasteiger partial charge in [0, 0.05) is 18.0 Å². The monoisotopic (exact) mass is 332 g/mol. The Hall–Kier alpha value is -2.54. The first-order valence-corrected chi connectivity index (χ1v) is 7.58. The molecule has 0 fully saturated rings. The second kappa shape index (κ2) is 7.35. The molecule has 126 valence electrons. The lowest BCUT2D eigenvalue weighted by molar-refractivity contribution is 0.00764. The average Bonchev–Trinajstić information content (AvgIpc) is 3.28. The van der Waals surface area contributed by atoms with E-state index in [4.69, 9.17) is 4.74 Å². The summed E-state index contributed by atoms with van der Waals surface area (Å²) in [5.74, 6) is 0. The van der Waals surface area contributed by atoms with Crippen LogP contribution in [0.15, 0.2) is 43.0 Å². The van der Waals surface area contributed by atoms with Gasteiger partial charge in [-0.05, 0) is 24.6 Å². The quantitative estimate of drug-likeness (QED) is 0.721. The van der Waals surface area contributed by atoms with Crippen LogP contribution < -0.4 is 0 Å². The molecule has 0 amide bonds. The number of aryl methyl sites for hydroxylation is 1. The largest absolute Gasteiger partial charge is 0.366 e. The minimum Gasteiger partial charge on any atom is -0.366 e. The summed E-state index contributed by atoms with van der Waals surface area (Å²) in [7, 11) is 0. The number of aromatic amines is 1. The Balaban J connectivity index is 1.79. The SMILES string of the molecule is Cc1ccc(-c2cc(COC(CF)CF)[nH]n2)cc1-n1ccnc1. The molecule has 1 N–H and O–H groups in total. The maximum Gasteiger partial charge on any atom is 0.118 e. The zero-order valence-electron chi connectivity index (χ0n) is 13.2. The zero-order chi connectivity index (χ0) is 16.9. The van der Waals surface area contributed by atoms with Crippen LogP contribution in [-0.4, -0.2) is 39.2 Å². The average molecular weight is 332 g/mol. The van der Waals surface area contributed by atoms with Gasteiger partial charge in [0.05, 0.1) is 30.0 Å². The summed E-state index contributed by atoms with van der Waals surface area (Å²) in [6.07, 6.45) is 4.32. The summed E-state index contributed by atoms with van der Waals surface area (Å²) in [5.41, 5.74) is 4.47. The number of nitrogens with one attached hydrogen (secondary N) is 1. The first-order valence-electron chi connectivity index (χ1n) is 7.58. The number of halogens is 2. The Morgan fingerprint density at radius 3 is 2.79 bits per heavy atom. The summed E-state index contributed by atoms with van der Waals surface area (Å²) in [4.78, 5) is 4.07. The number of nitrogens with zero attached hydrogens (tertiary/aromatic N) is 3. The summed E-state index contributed by atoms with van der Waals surface area (Å²) in [6, 6.07) is 7.82. The van der Waals surface area contributed by atoms with E-state index in [-0.39, 0.29) is 6.61 Å². The van der Waals surface area contributed by atoms with Crippen molar-refractivity contribution in [2.45, 2.75) is 19.6 Å². The molecule has 1 aromatic carbocycles. The van der Waals surface area contributed by atoms with Gasteiger partial charge < -0.3 is 9.30 Å². The van der Waals surface area contributed by atoms with Crippen molar-refractivity contribution in [3.05, 3.63) is 54.2 Å². The van der Waals surface area contributed by atoms with Crippen LogP contribution in [0.3, 0.4) is 0 Å². The maximum absolute atomic E-state index is 12.4. The van der Waals surface area contributed by atoms with Crippen LogP contribution in [0.1, 0.15) is 11.3 Å². The minimum absolute atomic E-state index is 0.0890. The number of benzene rings is 1. The second-order valence-corrected chi connectivity index (χ2v) is 5.49. The van der Waals surface area contributed by atoms with Crippen LogP contribution in [0.25, 0.3) is 16.9 Å². The lowest BCUT2D eigenvalue weighted by Gasteiger charge is -2.09. The van der Waals surface area contributed by atoms with E-state index >= 15 is 0 Å². The van der Waals surface area contributed by atoms with Gasteiger partial charge >= 0.3 is 0 Å². The van der Waals surface area contributed by atoms with Crippen LogP contribution in [0.5, 0.6) is 0 Å². The Bertz CT molecular complexity index is 782. The first-order chi connectivity index (χ1) is 11.7. The molecule has 0 bridgehead atoms. The highest BCUT2D eigenvalue weighted by atomic mass is 19.1. The summed E-state index contributed by atoms with van der Waals surface area (Å²) >= 11 is 0. The number of hydrogen-bond donors (Lipinski definition) is 1. The number of ether oxygens (including phenoxy) is 1. The van der Waals surface area contributed by atoms with Gasteiger partial charge in [-0.25, -0.2) is 13.8 Å². The standard InChI is InChI=1S/C17H18F2N4O/c1-12-2-3-13(6-17(12)23-5-4-20-11-23)16-7-14(21-22-16)10-24-15(8-18)9-19/h2-7,11,15H,8-10H2,1H3,(H,21,22). The lowest BCUT2D eigenvalue weighted by atomic mass is 10.1. The van der Waals surface area contributed by atoms with E-state index in [9.17, 15) is 8.78 Å². The second-order valence-electron chi connectivity index (χ2n) is 5.49. The molecule has 0 saturated heterocycles. The Morgan fingerprint density at radius 1 is 1.25 bits per heavy atom. The van der Waals surface area contributed by atoms with Crippen molar-refractivity contribution >= 4 is 0 Å². The van der Waals surface area contributed by atoms with Gasteiger partial charge in [0.2, 0.25) is 0 Å². The number of rotatable bonds is 7. The molecule has 24 heavy (non-hydrogen) atoms. The van der Waals surface area contributed by atoms with E-state index in [0.717, 1.165) is 22.5 Å². The van der Waals surface area contributed by atoms with Gasteiger partial charge in [-0.2, -0.15) is 5.10 Å². The van der Waals surface area contributed by atoms with E-state index in [1.165, 1.54) is 0 Å². The van der Waals surface area contributed by atoms with Gasteiger partial charge in [0.1, 0.15) is 19.5 Å². The number of hydrogen-bond acceptors (Lipinski definition) is 3. The molecule has 2 heterocycles. The van der Waals surface area contributed by atoms with Crippen molar-refractivity contribution < 1.29 is 13.5 Å². The van der Waals surface area contributed by atoms with Crippen LogP contribution in [-0.2, 0) is 11.3 Å². The summed E-state index contributed by atoms with van der Waals surface area (Å²) in [6.45, 7) is 0.427. The van der Waals surface area contributed by atoms with Crippen molar-refractivity contribution in [3.63, 3.8) is 0 Å². The maximum atomic E-state index is 12.4. The molecular weight excluding hydrogens is 314 g/mol. The molecule has 0 spiro atoms. The fourth-order valence-electron chi connectivity index (χ4n) is 2.37. The van der Waals surface area contributed by atoms with Gasteiger partial charge in [0.25, 0.3) is 0 Å². The van der Waals surface area contributed by atoms with Crippen molar-refractivity contribution in [2.24, 2.45) is 0 Å². The molecule has 0 saturated carbocycles. The molecule has 7 heteroatoms. The Morgan fingerprint density at radius 2 is 2.08 bits per heavy atom. The van der Waals surface area contributed by atoms with Crippen LogP contribution in [0.4, 0.5) is 8.78 Å². The van der Waals surface area contributed by atoms with Crippen LogP contribution in [0.2, 0.25) is 0 Å². The molecule has 0 aliphatic carbocycles. The zero-order valence-corrected chi connectivity index (χ0v) is 13.2. The molecule has 3 aromatic rings. The molecule has 2 aromatic heterocycles. The molecule has 0 unspecified atom stereocenters. The van der Waals surface area contributed by atoms with Gasteiger partial charge in [-0.3, -0.25) is 5.10 Å². The molecule has 0 aliphatic rings. The first kappa shape index (κ1) is 16.3. The molecular formula is C17H18F2N4O. The van der Waals surface area contributed by atoms with E-state index in [2.05, 4.69) is 15.2 Å². The van der Waals surface area contributed by atoms with Gasteiger partial charge in [0.15, 0.2) is 0 Å². The van der Waals surface area contributed by atoms with E-state index in [0.29, 0.717) is 5.69 Å². The predicted molar refractivity (Wildman–Crippen MR) is 86.4 cm³/mol. The van der Waals surface area contributed by atoms with Crippen LogP contribution in [0, 0.1) is 6.92 Å². The third-order valence-corrected chi connectivity index (χ3v) is 3.74. The smallest absolute Gasteiger partial charge is 0.118 e. The summed E-state index contributed by atoms with van der Waals surface area (Å²) in [5, 5.41) is 7.09. The van der Waals surface area contributed by atoms with Crippen molar-refractivity contribution in [1.29, 1.82) is 0 Å². The number of imidazole rings is 1. The number of alkyl halides is 2. The Kier molecular flexibility index (Phi) is 5.00. The summed E-state index contributed by atoms with van der Waals surface area (Å²) < 4.78 is 32.0. The third-order valence-electron chi connectivity index (χ3n) is 3.74. The van der Waals surface area contributed by atoms with E-state index < -0.39 is 19.5 Å². The van der Waals surface area contributed by atoms with E-state index in [1.54, 1.807) is 12.5 Å². The molecule has 5 nitrogen and oxygen atoms in total. The molecule has 0 atom stereocenters. The fraction of sp³-hybridized carbons (Fsp3) is 0.294. The normalized spacial score (nSPS) is 11.3. The number of aromatic nitrogens is 4. The fourth-order valence-corrected chi connectivity index (χ4v) is 2.37. The predicted octanol–water partition coefficient (Wildman–Crippen LogP) is 3.40. The Labute approximate surface area is 138 Å². The van der Waals surface area contributed by atoms with Gasteiger partial charge in [-0.1, -0.05) is 12.1 Å².